The van der Waals surface area contributed by atoms with Gasteiger partial charge in [-0.05, 0) is 31.7 Å². The average Bonchev–Trinajstić information content (AvgIpc) is 2.30. The van der Waals surface area contributed by atoms with Gasteiger partial charge in [0.1, 0.15) is 0 Å². The largest absolute Gasteiger partial charge is 0.313 e. The van der Waals surface area contributed by atoms with E-state index in [0.717, 1.165) is 6.04 Å². The maximum Gasteiger partial charge on any atom is 0.0110 e. The highest BCUT2D eigenvalue weighted by molar-refractivity contribution is 4.83. The van der Waals surface area contributed by atoms with Crippen LogP contribution < -0.4 is 5.32 Å². The van der Waals surface area contributed by atoms with Crippen LogP contribution in [-0.2, 0) is 0 Å². The summed E-state index contributed by atoms with van der Waals surface area (Å²) >= 11 is 0. The Bertz CT molecular complexity index is 244. The van der Waals surface area contributed by atoms with Gasteiger partial charge in [-0.3, -0.25) is 4.90 Å². The molecule has 1 N–H and O–H groups in total. The summed E-state index contributed by atoms with van der Waals surface area (Å²) in [7, 11) is 2.22. The number of hydrogen-bond donors (Lipinski definition) is 1. The topological polar surface area (TPSA) is 18.5 Å². The lowest BCUT2D eigenvalue weighted by Gasteiger charge is -2.37. The quantitative estimate of drug-likeness (QED) is 0.824. The molecule has 0 aromatic rings. The van der Waals surface area contributed by atoms with Crippen molar-refractivity contribution in [3.05, 3.63) is 0 Å². The van der Waals surface area contributed by atoms with Gasteiger partial charge in [-0.1, -0.05) is 20.3 Å². The van der Waals surface area contributed by atoms with E-state index in [1.165, 1.54) is 65.0 Å². The number of rotatable bonds is 4. The fourth-order valence-corrected chi connectivity index (χ4v) is 3.37. The fraction of sp³-hybridized carbons (Fsp3) is 1.00. The van der Waals surface area contributed by atoms with Gasteiger partial charge in [0.2, 0.25) is 0 Å². The average molecular weight is 253 g/mol. The van der Waals surface area contributed by atoms with Gasteiger partial charge in [0.25, 0.3) is 0 Å². The fourth-order valence-electron chi connectivity index (χ4n) is 3.37. The van der Waals surface area contributed by atoms with Crippen LogP contribution in [0.15, 0.2) is 0 Å². The molecule has 0 aromatic heterocycles. The smallest absolute Gasteiger partial charge is 0.0110 e. The van der Waals surface area contributed by atoms with Crippen molar-refractivity contribution < 1.29 is 0 Å². The third-order valence-electron chi connectivity index (χ3n) is 4.66. The van der Waals surface area contributed by atoms with Crippen LogP contribution >= 0.6 is 0 Å². The van der Waals surface area contributed by atoms with Crippen molar-refractivity contribution in [2.24, 2.45) is 5.41 Å². The van der Waals surface area contributed by atoms with Crippen molar-refractivity contribution in [3.8, 4) is 0 Å². The molecule has 2 fully saturated rings. The second kappa shape index (κ2) is 6.36. The van der Waals surface area contributed by atoms with Crippen LogP contribution in [0, 0.1) is 5.41 Å². The van der Waals surface area contributed by atoms with Crippen molar-refractivity contribution >= 4 is 0 Å². The molecular weight excluding hydrogens is 222 g/mol. The van der Waals surface area contributed by atoms with E-state index in [9.17, 15) is 0 Å². The molecule has 0 aromatic carbocycles. The summed E-state index contributed by atoms with van der Waals surface area (Å²) in [4.78, 5) is 5.02. The Hall–Kier alpha value is -0.120. The Labute approximate surface area is 113 Å². The van der Waals surface area contributed by atoms with Gasteiger partial charge in [0, 0.05) is 45.3 Å². The lowest BCUT2D eigenvalue weighted by Crippen LogP contribution is -2.47. The zero-order valence-electron chi connectivity index (χ0n) is 12.5. The Morgan fingerprint density at radius 3 is 2.56 bits per heavy atom. The van der Waals surface area contributed by atoms with E-state index in [0.29, 0.717) is 5.41 Å². The molecule has 106 valence electrons. The van der Waals surface area contributed by atoms with Crippen LogP contribution in [0.5, 0.6) is 0 Å². The Morgan fingerprint density at radius 2 is 1.89 bits per heavy atom. The molecule has 1 aliphatic heterocycles. The summed E-state index contributed by atoms with van der Waals surface area (Å²) in [6.45, 7) is 12.2. The van der Waals surface area contributed by atoms with E-state index in [4.69, 9.17) is 0 Å². The number of hydrogen-bond acceptors (Lipinski definition) is 3. The summed E-state index contributed by atoms with van der Waals surface area (Å²) in [6, 6.07) is 0.765. The van der Waals surface area contributed by atoms with Crippen LogP contribution in [-0.4, -0.2) is 62.2 Å². The van der Waals surface area contributed by atoms with Crippen molar-refractivity contribution in [2.75, 3.05) is 46.3 Å². The molecule has 18 heavy (non-hydrogen) atoms. The summed E-state index contributed by atoms with van der Waals surface area (Å²) in [5.41, 5.74) is 0.559. The molecule has 1 saturated heterocycles. The standard InChI is InChI=1S/C15H31N3/c1-15(2)6-4-5-14(13-15)16-7-8-18-11-9-17(3)10-12-18/h14,16H,4-13H2,1-3H3. The number of likely N-dealkylation sites (N-methyl/N-ethyl adjacent to an activating group) is 1. The highest BCUT2D eigenvalue weighted by Crippen LogP contribution is 2.34. The van der Waals surface area contributed by atoms with Gasteiger partial charge >= 0.3 is 0 Å². The van der Waals surface area contributed by atoms with Crippen LogP contribution in [0.4, 0.5) is 0 Å². The monoisotopic (exact) mass is 253 g/mol. The van der Waals surface area contributed by atoms with Gasteiger partial charge in [0.05, 0.1) is 0 Å². The molecule has 1 saturated carbocycles. The highest BCUT2D eigenvalue weighted by atomic mass is 15.2. The Morgan fingerprint density at radius 1 is 1.17 bits per heavy atom. The van der Waals surface area contributed by atoms with Gasteiger partial charge < -0.3 is 10.2 Å². The molecule has 3 heteroatoms. The lowest BCUT2D eigenvalue weighted by molar-refractivity contribution is 0.147. The van der Waals surface area contributed by atoms with E-state index in [1.807, 2.05) is 0 Å². The van der Waals surface area contributed by atoms with Crippen LogP contribution in [0.25, 0.3) is 0 Å². The highest BCUT2D eigenvalue weighted by Gasteiger charge is 2.27. The predicted molar refractivity (Wildman–Crippen MR) is 78.0 cm³/mol. The second-order valence-electron chi connectivity index (χ2n) is 7.06. The molecule has 2 aliphatic rings. The van der Waals surface area contributed by atoms with Crippen molar-refractivity contribution in [3.63, 3.8) is 0 Å². The van der Waals surface area contributed by atoms with Crippen LogP contribution in [0.2, 0.25) is 0 Å². The van der Waals surface area contributed by atoms with E-state index in [-0.39, 0.29) is 0 Å². The molecule has 1 aliphatic carbocycles. The summed E-state index contributed by atoms with van der Waals surface area (Å²) in [6.07, 6.45) is 5.55. The number of nitrogens with zero attached hydrogens (tertiary/aromatic N) is 2. The maximum absolute atomic E-state index is 3.78. The Kier molecular flexibility index (Phi) is 5.05. The molecule has 0 bridgehead atoms. The van der Waals surface area contributed by atoms with Crippen LogP contribution in [0.1, 0.15) is 39.5 Å². The normalized spacial score (nSPS) is 30.5. The first-order valence-electron chi connectivity index (χ1n) is 7.69. The maximum atomic E-state index is 3.78. The van der Waals surface area contributed by atoms with Crippen molar-refractivity contribution in [1.82, 2.24) is 15.1 Å². The van der Waals surface area contributed by atoms with Crippen LogP contribution in [0.3, 0.4) is 0 Å². The van der Waals surface area contributed by atoms with Gasteiger partial charge in [-0.25, -0.2) is 0 Å². The van der Waals surface area contributed by atoms with E-state index in [1.54, 1.807) is 0 Å². The van der Waals surface area contributed by atoms with Gasteiger partial charge in [-0.15, -0.1) is 0 Å². The minimum Gasteiger partial charge on any atom is -0.313 e. The van der Waals surface area contributed by atoms with Crippen molar-refractivity contribution in [2.45, 2.75) is 45.6 Å². The molecule has 1 heterocycles. The van der Waals surface area contributed by atoms with E-state index in [2.05, 4.69) is 36.0 Å². The minimum atomic E-state index is 0.559. The van der Waals surface area contributed by atoms with E-state index >= 15 is 0 Å². The summed E-state index contributed by atoms with van der Waals surface area (Å²) in [5, 5.41) is 3.78. The molecule has 3 nitrogen and oxygen atoms in total. The molecule has 2 rings (SSSR count). The molecule has 1 atom stereocenters. The third-order valence-corrected chi connectivity index (χ3v) is 4.66. The molecule has 0 spiro atoms. The first-order chi connectivity index (χ1) is 8.55. The second-order valence-corrected chi connectivity index (χ2v) is 7.06. The van der Waals surface area contributed by atoms with Crippen molar-refractivity contribution in [1.29, 1.82) is 0 Å². The Balaban J connectivity index is 1.60. The lowest BCUT2D eigenvalue weighted by atomic mass is 9.75. The van der Waals surface area contributed by atoms with Gasteiger partial charge in [0.15, 0.2) is 0 Å². The minimum absolute atomic E-state index is 0.559. The third kappa shape index (κ3) is 4.52. The number of nitrogens with one attached hydrogen (secondary N) is 1. The van der Waals surface area contributed by atoms with Gasteiger partial charge in [-0.2, -0.15) is 0 Å². The molecule has 0 amide bonds. The molecular formula is C15H31N3. The zero-order valence-corrected chi connectivity index (χ0v) is 12.5. The predicted octanol–water partition coefficient (Wildman–Crippen LogP) is 1.79. The first-order valence-corrected chi connectivity index (χ1v) is 7.69. The first kappa shape index (κ1) is 14.3. The SMILES string of the molecule is CN1CCN(CCNC2CCCC(C)(C)C2)CC1. The summed E-state index contributed by atoms with van der Waals surface area (Å²) in [5.74, 6) is 0. The molecule has 1 unspecified atom stereocenters. The summed E-state index contributed by atoms with van der Waals surface area (Å²) < 4.78 is 0. The zero-order chi connectivity index (χ0) is 13.0. The van der Waals surface area contributed by atoms with E-state index < -0.39 is 0 Å². The molecule has 0 radical (unpaired) electrons. The number of piperazine rings is 1.